The second-order valence-corrected chi connectivity index (χ2v) is 6.39. The fraction of sp³-hybridized carbons (Fsp3) is 0.600. The minimum atomic E-state index is -0.829. The van der Waals surface area contributed by atoms with Crippen LogP contribution in [0.2, 0.25) is 0 Å². The Morgan fingerprint density at radius 3 is 2.91 bits per heavy atom. The van der Waals surface area contributed by atoms with E-state index in [4.69, 9.17) is 0 Å². The summed E-state index contributed by atoms with van der Waals surface area (Å²) in [6.45, 7) is 1.70. The zero-order valence-electron chi connectivity index (χ0n) is 13.3. The zero-order chi connectivity index (χ0) is 16.6. The number of nitrogens with zero attached hydrogens (tertiary/aromatic N) is 3. The van der Waals surface area contributed by atoms with Gasteiger partial charge in [0.15, 0.2) is 0 Å². The Hall–Kier alpha value is -2.38. The lowest BCUT2D eigenvalue weighted by Gasteiger charge is -2.36. The summed E-state index contributed by atoms with van der Waals surface area (Å²) < 4.78 is 1.56. The van der Waals surface area contributed by atoms with Crippen molar-refractivity contribution in [2.45, 2.75) is 38.1 Å². The maximum absolute atomic E-state index is 12.7. The van der Waals surface area contributed by atoms with Gasteiger partial charge in [0.25, 0.3) is 5.91 Å². The van der Waals surface area contributed by atoms with E-state index in [0.29, 0.717) is 12.1 Å². The number of rotatable bonds is 3. The molecule has 3 rings (SSSR count). The average Bonchev–Trinajstić information content (AvgIpc) is 3.00. The van der Waals surface area contributed by atoms with Gasteiger partial charge in [-0.1, -0.05) is 19.8 Å². The van der Waals surface area contributed by atoms with Crippen molar-refractivity contribution in [3.05, 3.63) is 12.4 Å². The number of hydrogen-bond acceptors (Lipinski definition) is 4. The highest BCUT2D eigenvalue weighted by Gasteiger charge is 2.55. The van der Waals surface area contributed by atoms with Gasteiger partial charge >= 0.3 is 6.03 Å². The molecule has 2 atom stereocenters. The Morgan fingerprint density at radius 2 is 2.26 bits per heavy atom. The van der Waals surface area contributed by atoms with Crippen LogP contribution in [0.3, 0.4) is 0 Å². The lowest BCUT2D eigenvalue weighted by atomic mass is 9.73. The first kappa shape index (κ1) is 15.5. The summed E-state index contributed by atoms with van der Waals surface area (Å²) in [7, 11) is 1.74. The molecule has 0 unspecified atom stereocenters. The summed E-state index contributed by atoms with van der Waals surface area (Å²) in [5.74, 6) is -0.614. The number of hydrogen-bond donors (Lipinski definition) is 2. The molecule has 2 heterocycles. The number of anilines is 1. The fourth-order valence-corrected chi connectivity index (χ4v) is 3.47. The number of carbonyl (C=O) groups excluding carboxylic acids is 3. The minimum absolute atomic E-state index is 0.0825. The molecular weight excluding hydrogens is 298 g/mol. The molecule has 124 valence electrons. The van der Waals surface area contributed by atoms with E-state index in [9.17, 15) is 14.4 Å². The maximum atomic E-state index is 12.7. The van der Waals surface area contributed by atoms with Crippen molar-refractivity contribution in [1.82, 2.24) is 20.0 Å². The second kappa shape index (κ2) is 5.68. The molecule has 8 heteroatoms. The van der Waals surface area contributed by atoms with Gasteiger partial charge in [-0.3, -0.25) is 19.2 Å². The molecule has 4 amide bonds. The molecule has 1 aliphatic carbocycles. The van der Waals surface area contributed by atoms with Gasteiger partial charge in [-0.2, -0.15) is 5.10 Å². The van der Waals surface area contributed by atoms with E-state index in [1.54, 1.807) is 17.9 Å². The third-order valence-electron chi connectivity index (χ3n) is 4.79. The van der Waals surface area contributed by atoms with Crippen LogP contribution in [0, 0.1) is 5.92 Å². The van der Waals surface area contributed by atoms with Gasteiger partial charge in [-0.05, 0) is 18.8 Å². The largest absolute Gasteiger partial charge is 0.325 e. The number of urea groups is 1. The van der Waals surface area contributed by atoms with Crippen LogP contribution in [0.4, 0.5) is 10.5 Å². The van der Waals surface area contributed by atoms with Crippen molar-refractivity contribution < 1.29 is 14.4 Å². The van der Waals surface area contributed by atoms with Crippen molar-refractivity contribution in [3.63, 3.8) is 0 Å². The predicted octanol–water partition coefficient (Wildman–Crippen LogP) is 0.859. The molecule has 1 spiro atoms. The number of aryl methyl sites for hydroxylation is 1. The van der Waals surface area contributed by atoms with Crippen LogP contribution in [0.5, 0.6) is 0 Å². The van der Waals surface area contributed by atoms with Crippen LogP contribution >= 0.6 is 0 Å². The van der Waals surface area contributed by atoms with Gasteiger partial charge in [-0.25, -0.2) is 4.79 Å². The molecule has 0 radical (unpaired) electrons. The minimum Gasteiger partial charge on any atom is -0.323 e. The number of carbonyl (C=O) groups is 3. The molecule has 2 fully saturated rings. The first-order valence-corrected chi connectivity index (χ1v) is 7.85. The number of nitrogens with one attached hydrogen (secondary N) is 2. The van der Waals surface area contributed by atoms with E-state index < -0.39 is 17.5 Å². The summed E-state index contributed by atoms with van der Waals surface area (Å²) in [4.78, 5) is 38.1. The Labute approximate surface area is 134 Å². The molecular formula is C15H21N5O3. The molecule has 23 heavy (non-hydrogen) atoms. The molecule has 1 aromatic heterocycles. The van der Waals surface area contributed by atoms with E-state index in [2.05, 4.69) is 15.7 Å². The van der Waals surface area contributed by atoms with E-state index in [1.807, 2.05) is 6.92 Å². The van der Waals surface area contributed by atoms with Crippen LogP contribution < -0.4 is 10.6 Å². The van der Waals surface area contributed by atoms with Gasteiger partial charge in [0.1, 0.15) is 12.1 Å². The number of imide groups is 1. The van der Waals surface area contributed by atoms with Crippen LogP contribution in [0.25, 0.3) is 0 Å². The molecule has 1 aromatic rings. The molecule has 1 saturated carbocycles. The SMILES string of the molecule is C[C@@H]1CCCC[C@]12NC(=O)N(CC(=O)Nc1cnn(C)c1)C2=O. The quantitative estimate of drug-likeness (QED) is 0.808. The van der Waals surface area contributed by atoms with Crippen molar-refractivity contribution in [3.8, 4) is 0 Å². The summed E-state index contributed by atoms with van der Waals surface area (Å²) in [6.07, 6.45) is 6.67. The first-order valence-electron chi connectivity index (χ1n) is 7.85. The number of aromatic nitrogens is 2. The average molecular weight is 319 g/mol. The fourth-order valence-electron chi connectivity index (χ4n) is 3.47. The van der Waals surface area contributed by atoms with Crippen molar-refractivity contribution in [2.75, 3.05) is 11.9 Å². The van der Waals surface area contributed by atoms with Crippen LogP contribution in [-0.4, -0.2) is 44.6 Å². The van der Waals surface area contributed by atoms with E-state index in [-0.39, 0.29) is 18.4 Å². The molecule has 8 nitrogen and oxygen atoms in total. The predicted molar refractivity (Wildman–Crippen MR) is 82.4 cm³/mol. The van der Waals surface area contributed by atoms with Crippen LogP contribution in [-0.2, 0) is 16.6 Å². The van der Waals surface area contributed by atoms with E-state index in [1.165, 1.54) is 6.20 Å². The topological polar surface area (TPSA) is 96.3 Å². The summed E-state index contributed by atoms with van der Waals surface area (Å²) in [5, 5.41) is 9.42. The highest BCUT2D eigenvalue weighted by Crippen LogP contribution is 2.38. The normalized spacial score (nSPS) is 27.4. The number of amides is 4. The first-order chi connectivity index (χ1) is 10.9. The summed E-state index contributed by atoms with van der Waals surface area (Å²) in [6, 6.07) is -0.481. The third kappa shape index (κ3) is 2.69. The molecule has 2 N–H and O–H groups in total. The monoisotopic (exact) mass is 319 g/mol. The van der Waals surface area contributed by atoms with Crippen LogP contribution in [0.1, 0.15) is 32.6 Å². The Bertz CT molecular complexity index is 655. The van der Waals surface area contributed by atoms with Gasteiger partial charge in [0.05, 0.1) is 11.9 Å². The molecule has 0 bridgehead atoms. The highest BCUT2D eigenvalue weighted by atomic mass is 16.2. The molecule has 1 aliphatic heterocycles. The van der Waals surface area contributed by atoms with Crippen LogP contribution in [0.15, 0.2) is 12.4 Å². The standard InChI is InChI=1S/C15H21N5O3/c1-10-5-3-4-6-15(10)13(22)20(14(23)18-15)9-12(21)17-11-7-16-19(2)8-11/h7-8,10H,3-6,9H2,1-2H3,(H,17,21)(H,18,23)/t10-,15+/m1/s1. The summed E-state index contributed by atoms with van der Waals surface area (Å²) in [5.41, 5.74) is -0.297. The van der Waals surface area contributed by atoms with Crippen molar-refractivity contribution in [2.24, 2.45) is 13.0 Å². The second-order valence-electron chi connectivity index (χ2n) is 6.39. The lowest BCUT2D eigenvalue weighted by Crippen LogP contribution is -2.54. The van der Waals surface area contributed by atoms with Gasteiger partial charge in [0, 0.05) is 13.2 Å². The molecule has 0 aromatic carbocycles. The smallest absolute Gasteiger partial charge is 0.323 e. The van der Waals surface area contributed by atoms with Gasteiger partial charge in [-0.15, -0.1) is 0 Å². The third-order valence-corrected chi connectivity index (χ3v) is 4.79. The molecule has 2 aliphatic rings. The lowest BCUT2D eigenvalue weighted by molar-refractivity contribution is -0.136. The Morgan fingerprint density at radius 1 is 1.48 bits per heavy atom. The Kier molecular flexibility index (Phi) is 3.83. The molecule has 1 saturated heterocycles. The summed E-state index contributed by atoms with van der Waals surface area (Å²) >= 11 is 0. The van der Waals surface area contributed by atoms with Crippen molar-refractivity contribution >= 4 is 23.5 Å². The highest BCUT2D eigenvalue weighted by molar-refractivity contribution is 6.10. The Balaban J connectivity index is 1.69. The maximum Gasteiger partial charge on any atom is 0.325 e. The zero-order valence-corrected chi connectivity index (χ0v) is 13.3. The van der Waals surface area contributed by atoms with Gasteiger partial charge in [0.2, 0.25) is 5.91 Å². The van der Waals surface area contributed by atoms with E-state index in [0.717, 1.165) is 24.2 Å². The van der Waals surface area contributed by atoms with E-state index >= 15 is 0 Å². The van der Waals surface area contributed by atoms with Crippen molar-refractivity contribution in [1.29, 1.82) is 0 Å². The van der Waals surface area contributed by atoms with Gasteiger partial charge < -0.3 is 10.6 Å².